The smallest absolute Gasteiger partial charge is 0.229 e. The highest BCUT2D eigenvalue weighted by atomic mass is 16.1. The lowest BCUT2D eigenvalue weighted by atomic mass is 9.84. The lowest BCUT2D eigenvalue weighted by molar-refractivity contribution is -0.121. The Morgan fingerprint density at radius 2 is 2.21 bits per heavy atom. The van der Waals surface area contributed by atoms with Crippen molar-refractivity contribution in [2.45, 2.75) is 31.7 Å². The topological polar surface area (TPSA) is 83.8 Å². The predicted molar refractivity (Wildman–Crippen MR) is 74.7 cm³/mol. The summed E-state index contributed by atoms with van der Waals surface area (Å²) >= 11 is 0. The number of carbonyl (C=O) groups is 1. The third-order valence-electron chi connectivity index (χ3n) is 3.90. The normalized spacial score (nSPS) is 23.4. The number of carbonyl (C=O) groups excluding carboxylic acids is 1. The Morgan fingerprint density at radius 1 is 1.37 bits per heavy atom. The number of nitrogens with two attached hydrogens (primary N) is 1. The Labute approximate surface area is 111 Å². The van der Waals surface area contributed by atoms with Crippen LogP contribution in [0.2, 0.25) is 0 Å². The van der Waals surface area contributed by atoms with E-state index in [9.17, 15) is 4.79 Å². The van der Waals surface area contributed by atoms with Crippen LogP contribution in [0.5, 0.6) is 0 Å². The molecule has 0 saturated heterocycles. The molecule has 4 N–H and O–H groups in total. The second-order valence-electron chi connectivity index (χ2n) is 5.18. The Balaban J connectivity index is 1.80. The van der Waals surface area contributed by atoms with E-state index in [1.807, 2.05) is 18.2 Å². The van der Waals surface area contributed by atoms with Crippen LogP contribution in [0.1, 0.15) is 25.7 Å². The van der Waals surface area contributed by atoms with Crippen LogP contribution in [0.4, 0.5) is 5.69 Å². The number of H-pyrrole nitrogens is 1. The molecule has 1 amide bonds. The molecule has 1 heterocycles. The third-order valence-corrected chi connectivity index (χ3v) is 3.90. The van der Waals surface area contributed by atoms with Gasteiger partial charge in [-0.15, -0.1) is 0 Å². The summed E-state index contributed by atoms with van der Waals surface area (Å²) in [5, 5.41) is 10.8. The molecule has 19 heavy (non-hydrogen) atoms. The molecule has 5 heteroatoms. The number of hydrogen-bond donors (Lipinski definition) is 3. The average molecular weight is 258 g/mol. The predicted octanol–water partition coefficient (Wildman–Crippen LogP) is 2.02. The molecule has 1 fully saturated rings. The number of nitrogens with one attached hydrogen (secondary N) is 2. The summed E-state index contributed by atoms with van der Waals surface area (Å²) in [4.78, 5) is 12.3. The first-order valence-corrected chi connectivity index (χ1v) is 6.74. The van der Waals surface area contributed by atoms with Crippen LogP contribution >= 0.6 is 0 Å². The van der Waals surface area contributed by atoms with Crippen molar-refractivity contribution >= 4 is 22.5 Å². The fraction of sp³-hybridized carbons (Fsp3) is 0.429. The second-order valence-corrected chi connectivity index (χ2v) is 5.18. The summed E-state index contributed by atoms with van der Waals surface area (Å²) in [5.74, 6) is -0.0446. The van der Waals surface area contributed by atoms with E-state index in [1.54, 1.807) is 6.20 Å². The van der Waals surface area contributed by atoms with E-state index < -0.39 is 0 Å². The highest BCUT2D eigenvalue weighted by Crippen LogP contribution is 2.26. The van der Waals surface area contributed by atoms with Gasteiger partial charge < -0.3 is 11.1 Å². The fourth-order valence-electron chi connectivity index (χ4n) is 2.79. The molecule has 2 unspecified atom stereocenters. The van der Waals surface area contributed by atoms with E-state index in [0.717, 1.165) is 42.3 Å². The third kappa shape index (κ3) is 2.33. The summed E-state index contributed by atoms with van der Waals surface area (Å²) in [5.41, 5.74) is 7.77. The van der Waals surface area contributed by atoms with Crippen LogP contribution in [-0.4, -0.2) is 22.1 Å². The maximum Gasteiger partial charge on any atom is 0.229 e. The molecule has 1 saturated carbocycles. The molecule has 1 aromatic carbocycles. The molecule has 1 aromatic heterocycles. The summed E-state index contributed by atoms with van der Waals surface area (Å²) in [7, 11) is 0. The van der Waals surface area contributed by atoms with Gasteiger partial charge in [0.15, 0.2) is 0 Å². The lowest BCUT2D eigenvalue weighted by Gasteiger charge is -2.27. The van der Waals surface area contributed by atoms with Crippen molar-refractivity contribution in [2.24, 2.45) is 11.7 Å². The number of amides is 1. The molecule has 0 bridgehead atoms. The second kappa shape index (κ2) is 5.01. The van der Waals surface area contributed by atoms with E-state index in [4.69, 9.17) is 5.73 Å². The van der Waals surface area contributed by atoms with Gasteiger partial charge in [0.25, 0.3) is 0 Å². The minimum absolute atomic E-state index is 0.0164. The zero-order chi connectivity index (χ0) is 13.2. The summed E-state index contributed by atoms with van der Waals surface area (Å²) in [6.45, 7) is 0. The summed E-state index contributed by atoms with van der Waals surface area (Å²) < 4.78 is 0. The molecule has 1 aliphatic rings. The van der Waals surface area contributed by atoms with Crippen molar-refractivity contribution in [3.63, 3.8) is 0 Å². The molecular formula is C14H18N4O. The number of anilines is 1. The maximum absolute atomic E-state index is 12.3. The zero-order valence-electron chi connectivity index (χ0n) is 10.7. The molecule has 1 aliphatic carbocycles. The minimum atomic E-state index is -0.0732. The van der Waals surface area contributed by atoms with E-state index in [2.05, 4.69) is 15.5 Å². The van der Waals surface area contributed by atoms with Crippen LogP contribution in [0, 0.1) is 5.92 Å². The van der Waals surface area contributed by atoms with Crippen LogP contribution in [-0.2, 0) is 4.79 Å². The van der Waals surface area contributed by atoms with Gasteiger partial charge in [-0.25, -0.2) is 0 Å². The highest BCUT2D eigenvalue weighted by molar-refractivity contribution is 6.01. The summed E-state index contributed by atoms with van der Waals surface area (Å²) in [6, 6.07) is 5.71. The van der Waals surface area contributed by atoms with E-state index in [1.165, 1.54) is 0 Å². The average Bonchev–Trinajstić information content (AvgIpc) is 2.88. The lowest BCUT2D eigenvalue weighted by Crippen LogP contribution is -2.40. The first kappa shape index (κ1) is 12.2. The van der Waals surface area contributed by atoms with Crippen molar-refractivity contribution in [1.29, 1.82) is 0 Å². The first-order valence-electron chi connectivity index (χ1n) is 6.74. The SMILES string of the molecule is NC1CCCCC1C(=O)Nc1cccc2[nH]ncc12. The number of aromatic amines is 1. The van der Waals surface area contributed by atoms with Gasteiger partial charge in [-0.05, 0) is 25.0 Å². The van der Waals surface area contributed by atoms with Crippen molar-refractivity contribution in [1.82, 2.24) is 10.2 Å². The maximum atomic E-state index is 12.3. The van der Waals surface area contributed by atoms with Gasteiger partial charge in [0.05, 0.1) is 23.3 Å². The number of benzene rings is 1. The Kier molecular flexibility index (Phi) is 3.21. The van der Waals surface area contributed by atoms with Crippen LogP contribution < -0.4 is 11.1 Å². The van der Waals surface area contributed by atoms with Gasteiger partial charge in [0, 0.05) is 11.4 Å². The number of rotatable bonds is 2. The van der Waals surface area contributed by atoms with Gasteiger partial charge >= 0.3 is 0 Å². The van der Waals surface area contributed by atoms with Gasteiger partial charge in [-0.2, -0.15) is 5.10 Å². The van der Waals surface area contributed by atoms with Gasteiger partial charge in [0.1, 0.15) is 0 Å². The highest BCUT2D eigenvalue weighted by Gasteiger charge is 2.28. The van der Waals surface area contributed by atoms with Crippen LogP contribution in [0.25, 0.3) is 10.9 Å². The van der Waals surface area contributed by atoms with E-state index in [-0.39, 0.29) is 17.9 Å². The largest absolute Gasteiger partial charge is 0.327 e. The van der Waals surface area contributed by atoms with Crippen LogP contribution in [0.15, 0.2) is 24.4 Å². The molecular weight excluding hydrogens is 240 g/mol. The van der Waals surface area contributed by atoms with Crippen molar-refractivity contribution in [3.8, 4) is 0 Å². The van der Waals surface area contributed by atoms with Crippen molar-refractivity contribution in [2.75, 3.05) is 5.32 Å². The Bertz CT molecular complexity index is 592. The quantitative estimate of drug-likeness (QED) is 0.770. The van der Waals surface area contributed by atoms with Gasteiger partial charge in [-0.1, -0.05) is 18.9 Å². The standard InChI is InChI=1S/C14H18N4O/c15-11-5-2-1-4-9(11)14(19)17-12-6-3-7-13-10(12)8-16-18-13/h3,6-9,11H,1-2,4-5,15H2,(H,16,18)(H,17,19). The van der Waals surface area contributed by atoms with Gasteiger partial charge in [0.2, 0.25) is 5.91 Å². The minimum Gasteiger partial charge on any atom is -0.327 e. The molecule has 0 spiro atoms. The Hall–Kier alpha value is -1.88. The van der Waals surface area contributed by atoms with E-state index >= 15 is 0 Å². The number of aromatic nitrogens is 2. The monoisotopic (exact) mass is 258 g/mol. The fourth-order valence-corrected chi connectivity index (χ4v) is 2.79. The molecule has 0 radical (unpaired) electrons. The number of nitrogens with zero attached hydrogens (tertiary/aromatic N) is 1. The molecule has 2 atom stereocenters. The van der Waals surface area contributed by atoms with Crippen molar-refractivity contribution < 1.29 is 4.79 Å². The van der Waals surface area contributed by atoms with Crippen molar-refractivity contribution in [3.05, 3.63) is 24.4 Å². The molecule has 100 valence electrons. The van der Waals surface area contributed by atoms with E-state index in [0.29, 0.717) is 0 Å². The molecule has 2 aromatic rings. The molecule has 0 aliphatic heterocycles. The number of fused-ring (bicyclic) bond motifs is 1. The summed E-state index contributed by atoms with van der Waals surface area (Å²) in [6.07, 6.45) is 5.76. The van der Waals surface area contributed by atoms with Crippen LogP contribution in [0.3, 0.4) is 0 Å². The Morgan fingerprint density at radius 3 is 3.05 bits per heavy atom. The number of hydrogen-bond acceptors (Lipinski definition) is 3. The first-order chi connectivity index (χ1) is 9.25. The van der Waals surface area contributed by atoms with Gasteiger partial charge in [-0.3, -0.25) is 9.89 Å². The zero-order valence-corrected chi connectivity index (χ0v) is 10.7. The molecule has 3 rings (SSSR count). The molecule has 5 nitrogen and oxygen atoms in total.